The molecule has 3 nitrogen and oxygen atoms in total. The quantitative estimate of drug-likeness (QED) is 0.563. The van der Waals surface area contributed by atoms with E-state index in [0.717, 1.165) is 12.7 Å². The maximum absolute atomic E-state index is 10.7. The summed E-state index contributed by atoms with van der Waals surface area (Å²) in [6.45, 7) is 0. The molecule has 3 heteroatoms. The van der Waals surface area contributed by atoms with E-state index in [1.54, 1.807) is 6.08 Å². The molecule has 2 aliphatic carbocycles. The van der Waals surface area contributed by atoms with Crippen molar-refractivity contribution in [3.05, 3.63) is 24.0 Å². The highest BCUT2D eigenvalue weighted by molar-refractivity contribution is 5.98. The van der Waals surface area contributed by atoms with Gasteiger partial charge in [-0.3, -0.25) is 4.79 Å². The number of aliphatic hydroxyl groups is 1. The second-order valence-corrected chi connectivity index (χ2v) is 4.44. The van der Waals surface area contributed by atoms with Gasteiger partial charge < -0.3 is 9.84 Å². The van der Waals surface area contributed by atoms with E-state index in [1.807, 2.05) is 13.2 Å². The minimum absolute atomic E-state index is 0.0278. The van der Waals surface area contributed by atoms with Gasteiger partial charge in [0.2, 0.25) is 0 Å². The van der Waals surface area contributed by atoms with Crippen molar-refractivity contribution in [2.24, 2.45) is 0 Å². The van der Waals surface area contributed by atoms with Gasteiger partial charge in [-0.2, -0.15) is 0 Å². The fourth-order valence-corrected chi connectivity index (χ4v) is 2.08. The molecule has 1 N–H and O–H groups in total. The second-order valence-electron chi connectivity index (χ2n) is 4.44. The summed E-state index contributed by atoms with van der Waals surface area (Å²) in [7, 11) is 1.82. The zero-order chi connectivity index (χ0) is 12.5. The highest BCUT2D eigenvalue weighted by Gasteiger charge is 2.10. The van der Waals surface area contributed by atoms with Gasteiger partial charge in [-0.1, -0.05) is 31.4 Å². The van der Waals surface area contributed by atoms with Crippen LogP contribution in [0.4, 0.5) is 0 Å². The SMILES string of the molecule is COC1CCCCC1.O=C1CCC=C/C1=C/O. The Labute approximate surface area is 103 Å². The molecule has 0 heterocycles. The van der Waals surface area contributed by atoms with Crippen molar-refractivity contribution in [3.8, 4) is 0 Å². The molecule has 0 spiro atoms. The molecule has 17 heavy (non-hydrogen) atoms. The molecule has 0 atom stereocenters. The van der Waals surface area contributed by atoms with Gasteiger partial charge in [0.05, 0.1) is 17.9 Å². The highest BCUT2D eigenvalue weighted by atomic mass is 16.5. The molecular formula is C14H22O3. The third-order valence-electron chi connectivity index (χ3n) is 3.18. The normalized spacial score (nSPS) is 23.4. The Morgan fingerprint density at radius 3 is 2.47 bits per heavy atom. The summed E-state index contributed by atoms with van der Waals surface area (Å²) in [5.74, 6) is 0.0278. The van der Waals surface area contributed by atoms with E-state index < -0.39 is 0 Å². The van der Waals surface area contributed by atoms with Gasteiger partial charge in [0, 0.05) is 13.5 Å². The van der Waals surface area contributed by atoms with Crippen LogP contribution in [0.5, 0.6) is 0 Å². The third-order valence-corrected chi connectivity index (χ3v) is 3.18. The number of hydrogen-bond acceptors (Lipinski definition) is 3. The molecule has 1 fully saturated rings. The van der Waals surface area contributed by atoms with Crippen LogP contribution in [-0.2, 0) is 9.53 Å². The van der Waals surface area contributed by atoms with Gasteiger partial charge in [-0.05, 0) is 19.3 Å². The van der Waals surface area contributed by atoms with E-state index in [-0.39, 0.29) is 5.78 Å². The average molecular weight is 238 g/mol. The number of rotatable bonds is 1. The van der Waals surface area contributed by atoms with Crippen LogP contribution < -0.4 is 0 Å². The van der Waals surface area contributed by atoms with E-state index in [1.165, 1.54) is 32.1 Å². The van der Waals surface area contributed by atoms with Gasteiger partial charge in [0.25, 0.3) is 0 Å². The smallest absolute Gasteiger partial charge is 0.166 e. The Morgan fingerprint density at radius 1 is 1.35 bits per heavy atom. The maximum Gasteiger partial charge on any atom is 0.166 e. The molecule has 2 aliphatic rings. The molecule has 0 aromatic rings. The molecule has 0 amide bonds. The summed E-state index contributed by atoms with van der Waals surface area (Å²) in [5.41, 5.74) is 0.418. The molecule has 0 aromatic heterocycles. The van der Waals surface area contributed by atoms with Crippen LogP contribution in [0, 0.1) is 0 Å². The molecule has 2 rings (SSSR count). The highest BCUT2D eigenvalue weighted by Crippen LogP contribution is 2.19. The Kier molecular flexibility index (Phi) is 6.63. The summed E-state index contributed by atoms with van der Waals surface area (Å²) >= 11 is 0. The molecule has 0 bridgehead atoms. The molecule has 96 valence electrons. The summed E-state index contributed by atoms with van der Waals surface area (Å²) in [6.07, 6.45) is 13.0. The summed E-state index contributed by atoms with van der Waals surface area (Å²) < 4.78 is 5.19. The first kappa shape index (κ1) is 14.0. The minimum atomic E-state index is 0.0278. The Hall–Kier alpha value is -1.09. The van der Waals surface area contributed by atoms with Gasteiger partial charge in [0.15, 0.2) is 5.78 Å². The molecule has 0 radical (unpaired) electrons. The Morgan fingerprint density at radius 2 is 2.06 bits per heavy atom. The largest absolute Gasteiger partial charge is 0.515 e. The lowest BCUT2D eigenvalue weighted by Crippen LogP contribution is -2.13. The van der Waals surface area contributed by atoms with Crippen LogP contribution in [0.25, 0.3) is 0 Å². The molecular weight excluding hydrogens is 216 g/mol. The van der Waals surface area contributed by atoms with Gasteiger partial charge in [0.1, 0.15) is 0 Å². The van der Waals surface area contributed by atoms with E-state index in [9.17, 15) is 4.79 Å². The number of ether oxygens (including phenoxy) is 1. The number of carbonyl (C=O) groups excluding carboxylic acids is 1. The molecule has 0 saturated heterocycles. The van der Waals surface area contributed by atoms with E-state index in [4.69, 9.17) is 9.84 Å². The Balaban J connectivity index is 0.000000171. The topological polar surface area (TPSA) is 46.5 Å². The predicted octanol–water partition coefficient (Wildman–Crippen LogP) is 3.31. The second kappa shape index (κ2) is 8.07. The summed E-state index contributed by atoms with van der Waals surface area (Å²) in [5, 5.41) is 8.43. The minimum Gasteiger partial charge on any atom is -0.515 e. The van der Waals surface area contributed by atoms with Crippen molar-refractivity contribution in [1.82, 2.24) is 0 Å². The van der Waals surface area contributed by atoms with Crippen LogP contribution in [-0.4, -0.2) is 24.1 Å². The molecule has 0 unspecified atom stereocenters. The van der Waals surface area contributed by atoms with Gasteiger partial charge >= 0.3 is 0 Å². The van der Waals surface area contributed by atoms with Crippen molar-refractivity contribution in [2.75, 3.05) is 7.11 Å². The molecule has 0 aromatic carbocycles. The van der Waals surface area contributed by atoms with Crippen molar-refractivity contribution < 1.29 is 14.6 Å². The average Bonchev–Trinajstić information content (AvgIpc) is 2.41. The first-order valence-electron chi connectivity index (χ1n) is 6.35. The first-order valence-corrected chi connectivity index (χ1v) is 6.35. The van der Waals surface area contributed by atoms with Crippen LogP contribution in [0.15, 0.2) is 24.0 Å². The van der Waals surface area contributed by atoms with Crippen LogP contribution in [0.1, 0.15) is 44.9 Å². The lowest BCUT2D eigenvalue weighted by atomic mass is 9.98. The zero-order valence-corrected chi connectivity index (χ0v) is 10.5. The number of methoxy groups -OCH3 is 1. The first-order chi connectivity index (χ1) is 8.27. The third kappa shape index (κ3) is 5.18. The van der Waals surface area contributed by atoms with Crippen molar-refractivity contribution in [2.45, 2.75) is 51.0 Å². The summed E-state index contributed by atoms with van der Waals surface area (Å²) in [6, 6.07) is 0. The van der Waals surface area contributed by atoms with Gasteiger partial charge in [-0.25, -0.2) is 0 Å². The number of Topliss-reactive ketones (excluding diaryl/α,β-unsaturated/α-hetero) is 1. The Bertz CT molecular complexity index is 286. The van der Waals surface area contributed by atoms with Gasteiger partial charge in [-0.15, -0.1) is 0 Å². The summed E-state index contributed by atoms with van der Waals surface area (Å²) in [4.78, 5) is 10.7. The number of aliphatic hydroxyl groups excluding tert-OH is 1. The number of ketones is 1. The molecule has 1 saturated carbocycles. The van der Waals surface area contributed by atoms with Crippen LogP contribution >= 0.6 is 0 Å². The lowest BCUT2D eigenvalue weighted by molar-refractivity contribution is -0.115. The van der Waals surface area contributed by atoms with Crippen LogP contribution in [0.3, 0.4) is 0 Å². The predicted molar refractivity (Wildman–Crippen MR) is 68.0 cm³/mol. The number of hydrogen-bond donors (Lipinski definition) is 1. The van der Waals surface area contributed by atoms with E-state index >= 15 is 0 Å². The lowest BCUT2D eigenvalue weighted by Gasteiger charge is -2.19. The standard InChI is InChI=1S/C7H8O2.C7H14O/c8-5-6-3-1-2-4-7(6)9;1-8-7-5-3-2-4-6-7/h1,3,5,8H,2,4H2;7H,2-6H2,1H3/b6-5-;. The van der Waals surface area contributed by atoms with Crippen molar-refractivity contribution in [1.29, 1.82) is 0 Å². The monoisotopic (exact) mass is 238 g/mol. The maximum atomic E-state index is 10.7. The molecule has 0 aliphatic heterocycles. The number of allylic oxidation sites excluding steroid dienone is 3. The fraction of sp³-hybridized carbons (Fsp3) is 0.643. The van der Waals surface area contributed by atoms with Crippen molar-refractivity contribution >= 4 is 5.78 Å². The number of carbonyl (C=O) groups is 1. The van der Waals surface area contributed by atoms with E-state index in [0.29, 0.717) is 18.1 Å². The van der Waals surface area contributed by atoms with Crippen molar-refractivity contribution in [3.63, 3.8) is 0 Å². The fourth-order valence-electron chi connectivity index (χ4n) is 2.08. The van der Waals surface area contributed by atoms with Crippen LogP contribution in [0.2, 0.25) is 0 Å². The zero-order valence-electron chi connectivity index (χ0n) is 10.5. The van der Waals surface area contributed by atoms with E-state index in [2.05, 4.69) is 0 Å².